The van der Waals surface area contributed by atoms with Crippen molar-refractivity contribution in [2.45, 2.75) is 26.7 Å². The maximum atomic E-state index is 6.14. The average molecular weight is 318 g/mol. The van der Waals surface area contributed by atoms with Crippen LogP contribution >= 0.6 is 11.6 Å². The first-order valence-corrected chi connectivity index (χ1v) is 7.98. The fourth-order valence-corrected chi connectivity index (χ4v) is 2.94. The van der Waals surface area contributed by atoms with E-state index in [1.165, 1.54) is 12.8 Å². The zero-order chi connectivity index (χ0) is 15.5. The zero-order valence-electron chi connectivity index (χ0n) is 12.9. The smallest absolute Gasteiger partial charge is 0.249 e. The second-order valence-corrected chi connectivity index (χ2v) is 6.28. The fourth-order valence-electron chi connectivity index (χ4n) is 2.76. The summed E-state index contributed by atoms with van der Waals surface area (Å²) in [7, 11) is 0. The van der Waals surface area contributed by atoms with Gasteiger partial charge >= 0.3 is 0 Å². The van der Waals surface area contributed by atoms with Crippen LogP contribution in [0.1, 0.15) is 25.3 Å². The molecule has 6 heteroatoms. The van der Waals surface area contributed by atoms with Gasteiger partial charge in [0.25, 0.3) is 0 Å². The van der Waals surface area contributed by atoms with Crippen molar-refractivity contribution >= 4 is 29.1 Å². The summed E-state index contributed by atoms with van der Waals surface area (Å²) in [5.41, 5.74) is 1.88. The number of anilines is 3. The van der Waals surface area contributed by atoms with Gasteiger partial charge in [-0.05, 0) is 43.4 Å². The van der Waals surface area contributed by atoms with Crippen molar-refractivity contribution in [2.75, 3.05) is 23.3 Å². The van der Waals surface area contributed by atoms with Crippen LogP contribution in [0, 0.1) is 12.8 Å². The number of halogens is 1. The molecule has 0 bridgehead atoms. The van der Waals surface area contributed by atoms with Crippen molar-refractivity contribution < 1.29 is 0 Å². The molecule has 3 rings (SSSR count). The highest BCUT2D eigenvalue weighted by Gasteiger charge is 2.18. The lowest BCUT2D eigenvalue weighted by atomic mass is 10.0. The van der Waals surface area contributed by atoms with Gasteiger partial charge in [0, 0.05) is 23.8 Å². The van der Waals surface area contributed by atoms with Gasteiger partial charge < -0.3 is 10.2 Å². The standard InChI is InChI=1S/C16H20ClN5/c1-11-5-4-8-22(10-11)15-9-18-21-16(20-15)19-14-7-3-6-13(17)12(14)2/h3,6-7,9,11H,4-5,8,10H2,1-2H3,(H,19,20,21). The molecular weight excluding hydrogens is 298 g/mol. The Hall–Kier alpha value is -1.88. The molecule has 0 saturated carbocycles. The molecule has 0 amide bonds. The quantitative estimate of drug-likeness (QED) is 0.932. The molecule has 1 saturated heterocycles. The summed E-state index contributed by atoms with van der Waals surface area (Å²) in [6, 6.07) is 5.73. The Kier molecular flexibility index (Phi) is 4.43. The summed E-state index contributed by atoms with van der Waals surface area (Å²) in [6.45, 7) is 6.29. The predicted octanol–water partition coefficient (Wildman–Crippen LogP) is 3.81. The molecule has 0 spiro atoms. The van der Waals surface area contributed by atoms with Gasteiger partial charge in [-0.3, -0.25) is 0 Å². The molecule has 0 aliphatic carbocycles. The molecule has 1 aromatic carbocycles. The summed E-state index contributed by atoms with van der Waals surface area (Å²) >= 11 is 6.14. The first kappa shape index (κ1) is 15.0. The number of piperidine rings is 1. The summed E-state index contributed by atoms with van der Waals surface area (Å²) in [6.07, 6.45) is 4.21. The normalized spacial score (nSPS) is 18.3. The second kappa shape index (κ2) is 6.48. The van der Waals surface area contributed by atoms with Crippen LogP contribution < -0.4 is 10.2 Å². The first-order chi connectivity index (χ1) is 10.6. The van der Waals surface area contributed by atoms with E-state index >= 15 is 0 Å². The molecule has 0 radical (unpaired) electrons. The lowest BCUT2D eigenvalue weighted by Crippen LogP contribution is -2.35. The number of benzene rings is 1. The Labute approximate surface area is 135 Å². The largest absolute Gasteiger partial charge is 0.355 e. The van der Waals surface area contributed by atoms with Gasteiger partial charge in [-0.15, -0.1) is 5.10 Å². The van der Waals surface area contributed by atoms with E-state index in [0.717, 1.165) is 35.2 Å². The van der Waals surface area contributed by atoms with Gasteiger partial charge in [0.05, 0.1) is 6.20 Å². The van der Waals surface area contributed by atoms with Crippen LogP contribution in [0.15, 0.2) is 24.4 Å². The Morgan fingerprint density at radius 1 is 1.36 bits per heavy atom. The highest BCUT2D eigenvalue weighted by atomic mass is 35.5. The van der Waals surface area contributed by atoms with E-state index in [4.69, 9.17) is 11.6 Å². The van der Waals surface area contributed by atoms with E-state index in [0.29, 0.717) is 11.9 Å². The van der Waals surface area contributed by atoms with Crippen molar-refractivity contribution in [3.05, 3.63) is 35.0 Å². The third kappa shape index (κ3) is 3.30. The summed E-state index contributed by atoms with van der Waals surface area (Å²) in [5, 5.41) is 12.1. The van der Waals surface area contributed by atoms with Crippen LogP contribution in [0.5, 0.6) is 0 Å². The van der Waals surface area contributed by atoms with E-state index < -0.39 is 0 Å². The Morgan fingerprint density at radius 2 is 2.23 bits per heavy atom. The van der Waals surface area contributed by atoms with Crippen molar-refractivity contribution in [3.63, 3.8) is 0 Å². The number of nitrogens with one attached hydrogen (secondary N) is 1. The molecule has 116 valence electrons. The summed E-state index contributed by atoms with van der Waals surface area (Å²) in [5.74, 6) is 2.07. The fraction of sp³-hybridized carbons (Fsp3) is 0.438. The van der Waals surface area contributed by atoms with Crippen molar-refractivity contribution in [3.8, 4) is 0 Å². The average Bonchev–Trinajstić information content (AvgIpc) is 2.52. The Morgan fingerprint density at radius 3 is 3.05 bits per heavy atom. The van der Waals surface area contributed by atoms with E-state index in [2.05, 4.69) is 32.3 Å². The first-order valence-electron chi connectivity index (χ1n) is 7.60. The van der Waals surface area contributed by atoms with Gasteiger partial charge in [0.1, 0.15) is 0 Å². The molecule has 2 aromatic rings. The molecule has 1 atom stereocenters. The van der Waals surface area contributed by atoms with Crippen molar-refractivity contribution in [1.29, 1.82) is 0 Å². The molecule has 1 aliphatic rings. The zero-order valence-corrected chi connectivity index (χ0v) is 13.6. The number of hydrogen-bond acceptors (Lipinski definition) is 5. The van der Waals surface area contributed by atoms with Crippen LogP contribution in [0.3, 0.4) is 0 Å². The number of aromatic nitrogens is 3. The van der Waals surface area contributed by atoms with Crippen LogP contribution in [-0.2, 0) is 0 Å². The number of nitrogens with zero attached hydrogens (tertiary/aromatic N) is 4. The number of hydrogen-bond donors (Lipinski definition) is 1. The Bertz CT molecular complexity index is 661. The van der Waals surface area contributed by atoms with Gasteiger partial charge in [-0.1, -0.05) is 24.6 Å². The van der Waals surface area contributed by atoms with Crippen LogP contribution in [-0.4, -0.2) is 28.3 Å². The monoisotopic (exact) mass is 317 g/mol. The van der Waals surface area contributed by atoms with Gasteiger partial charge in [-0.25, -0.2) is 0 Å². The predicted molar refractivity (Wildman–Crippen MR) is 89.9 cm³/mol. The van der Waals surface area contributed by atoms with Crippen molar-refractivity contribution in [1.82, 2.24) is 15.2 Å². The van der Waals surface area contributed by atoms with Gasteiger partial charge in [0.15, 0.2) is 5.82 Å². The van der Waals surface area contributed by atoms with Crippen LogP contribution in [0.4, 0.5) is 17.5 Å². The Balaban J connectivity index is 1.80. The maximum absolute atomic E-state index is 6.14. The molecule has 2 heterocycles. The molecule has 22 heavy (non-hydrogen) atoms. The number of rotatable bonds is 3. The van der Waals surface area contributed by atoms with E-state index in [1.807, 2.05) is 25.1 Å². The van der Waals surface area contributed by atoms with E-state index in [-0.39, 0.29) is 0 Å². The van der Waals surface area contributed by atoms with Crippen LogP contribution in [0.25, 0.3) is 0 Å². The second-order valence-electron chi connectivity index (χ2n) is 5.87. The molecule has 1 N–H and O–H groups in total. The van der Waals surface area contributed by atoms with Crippen LogP contribution in [0.2, 0.25) is 5.02 Å². The molecular formula is C16H20ClN5. The van der Waals surface area contributed by atoms with E-state index in [1.54, 1.807) is 6.20 Å². The topological polar surface area (TPSA) is 53.9 Å². The minimum absolute atomic E-state index is 0.501. The SMILES string of the molecule is Cc1c(Cl)cccc1Nc1nncc(N2CCCC(C)C2)n1. The molecule has 1 aliphatic heterocycles. The highest BCUT2D eigenvalue weighted by Crippen LogP contribution is 2.26. The molecule has 1 fully saturated rings. The van der Waals surface area contributed by atoms with Gasteiger partial charge in [-0.2, -0.15) is 10.1 Å². The minimum atomic E-state index is 0.501. The highest BCUT2D eigenvalue weighted by molar-refractivity contribution is 6.31. The molecule has 1 aromatic heterocycles. The minimum Gasteiger partial charge on any atom is -0.355 e. The summed E-state index contributed by atoms with van der Waals surface area (Å²) in [4.78, 5) is 6.87. The lowest BCUT2D eigenvalue weighted by molar-refractivity contribution is 0.444. The van der Waals surface area contributed by atoms with Crippen molar-refractivity contribution in [2.24, 2.45) is 5.92 Å². The molecule has 5 nitrogen and oxygen atoms in total. The molecule has 1 unspecified atom stereocenters. The summed E-state index contributed by atoms with van der Waals surface area (Å²) < 4.78 is 0. The maximum Gasteiger partial charge on any atom is 0.249 e. The third-order valence-electron chi connectivity index (χ3n) is 4.04. The van der Waals surface area contributed by atoms with Gasteiger partial charge in [0.2, 0.25) is 5.95 Å². The third-order valence-corrected chi connectivity index (χ3v) is 4.45. The van der Waals surface area contributed by atoms with E-state index in [9.17, 15) is 0 Å². The lowest BCUT2D eigenvalue weighted by Gasteiger charge is -2.31.